The molecule has 1 heterocycles. The van der Waals surface area contributed by atoms with Crippen LogP contribution in [0.5, 0.6) is 0 Å². The van der Waals surface area contributed by atoms with Gasteiger partial charge in [-0.3, -0.25) is 4.98 Å². The number of nitrogens with zero attached hydrogens (tertiary/aromatic N) is 1. The molecule has 2 atom stereocenters. The largest absolute Gasteiger partial charge is 0.256 e. The van der Waals surface area contributed by atoms with Gasteiger partial charge in [-0.2, -0.15) is 0 Å². The molecule has 118 valence electrons. The Morgan fingerprint density at radius 3 is 2.17 bits per heavy atom. The van der Waals surface area contributed by atoms with Gasteiger partial charge in [0.1, 0.15) is 0 Å². The van der Waals surface area contributed by atoms with Gasteiger partial charge in [-0.05, 0) is 104 Å². The molecule has 23 heavy (non-hydrogen) atoms. The van der Waals surface area contributed by atoms with E-state index in [0.717, 1.165) is 29.4 Å². The average molecular weight is 303 g/mol. The van der Waals surface area contributed by atoms with E-state index < -0.39 is 0 Å². The number of aryl methyl sites for hydroxylation is 2. The number of benzene rings is 1. The minimum Gasteiger partial charge on any atom is -0.256 e. The minimum absolute atomic E-state index is 0.813. The van der Waals surface area contributed by atoms with Gasteiger partial charge in [0, 0.05) is 11.8 Å². The van der Waals surface area contributed by atoms with Crippen LogP contribution in [0.3, 0.4) is 0 Å². The van der Waals surface area contributed by atoms with E-state index in [1.165, 1.54) is 48.8 Å². The van der Waals surface area contributed by atoms with Crippen LogP contribution in [0.2, 0.25) is 0 Å². The SMILES string of the molecule is Cc1cnc(-c2ccc3c(c2)C2CC4CC(CC3C4)C2)cc1C. The van der Waals surface area contributed by atoms with Gasteiger partial charge < -0.3 is 0 Å². The number of aromatic nitrogens is 1. The molecule has 6 rings (SSSR count). The van der Waals surface area contributed by atoms with Crippen molar-refractivity contribution in [3.8, 4) is 11.3 Å². The number of pyridine rings is 1. The van der Waals surface area contributed by atoms with Crippen LogP contribution in [0.4, 0.5) is 0 Å². The molecular formula is C22H25N. The third-order valence-corrected chi connectivity index (χ3v) is 6.77. The van der Waals surface area contributed by atoms with Crippen LogP contribution >= 0.6 is 0 Å². The lowest BCUT2D eigenvalue weighted by atomic mass is 9.67. The Morgan fingerprint density at radius 1 is 0.783 bits per heavy atom. The Kier molecular flexibility index (Phi) is 2.95. The second kappa shape index (κ2) is 4.93. The summed E-state index contributed by atoms with van der Waals surface area (Å²) in [6.45, 7) is 4.32. The fourth-order valence-electron chi connectivity index (χ4n) is 5.60. The van der Waals surface area contributed by atoms with E-state index >= 15 is 0 Å². The van der Waals surface area contributed by atoms with Crippen molar-refractivity contribution in [3.63, 3.8) is 0 Å². The first-order valence-electron chi connectivity index (χ1n) is 9.25. The Morgan fingerprint density at radius 2 is 1.48 bits per heavy atom. The van der Waals surface area contributed by atoms with Crippen LogP contribution in [0, 0.1) is 25.7 Å². The predicted molar refractivity (Wildman–Crippen MR) is 94.7 cm³/mol. The molecule has 1 nitrogen and oxygen atoms in total. The second-order valence-corrected chi connectivity index (χ2v) is 8.30. The summed E-state index contributed by atoms with van der Waals surface area (Å²) in [6.07, 6.45) is 9.28. The molecule has 2 aromatic rings. The van der Waals surface area contributed by atoms with Crippen molar-refractivity contribution in [1.82, 2.24) is 4.98 Å². The van der Waals surface area contributed by atoms with Crippen molar-refractivity contribution in [1.29, 1.82) is 0 Å². The second-order valence-electron chi connectivity index (χ2n) is 8.30. The van der Waals surface area contributed by atoms with E-state index in [1.54, 1.807) is 11.1 Å². The lowest BCUT2D eigenvalue weighted by Crippen LogP contribution is -2.25. The Balaban J connectivity index is 1.61. The molecule has 0 amide bonds. The highest BCUT2D eigenvalue weighted by molar-refractivity contribution is 5.63. The molecule has 0 aliphatic heterocycles. The summed E-state index contributed by atoms with van der Waals surface area (Å²) in [5.41, 5.74) is 8.40. The third kappa shape index (κ3) is 2.16. The van der Waals surface area contributed by atoms with Gasteiger partial charge in [0.15, 0.2) is 0 Å². The van der Waals surface area contributed by atoms with Crippen LogP contribution in [-0.2, 0) is 0 Å². The Labute approximate surface area is 139 Å². The van der Waals surface area contributed by atoms with E-state index in [1.807, 2.05) is 6.20 Å². The maximum absolute atomic E-state index is 4.69. The molecule has 4 aliphatic carbocycles. The first-order valence-corrected chi connectivity index (χ1v) is 9.25. The summed E-state index contributed by atoms with van der Waals surface area (Å²) >= 11 is 0. The van der Waals surface area contributed by atoms with Gasteiger partial charge in [-0.1, -0.05) is 12.1 Å². The molecule has 4 bridgehead atoms. The number of hydrogen-bond donors (Lipinski definition) is 0. The Bertz CT molecular complexity index is 762. The molecule has 4 aliphatic rings. The van der Waals surface area contributed by atoms with Gasteiger partial charge in [0.2, 0.25) is 0 Å². The van der Waals surface area contributed by atoms with E-state index in [2.05, 4.69) is 38.1 Å². The molecular weight excluding hydrogens is 278 g/mol. The van der Waals surface area contributed by atoms with Gasteiger partial charge >= 0.3 is 0 Å². The van der Waals surface area contributed by atoms with E-state index in [9.17, 15) is 0 Å². The highest BCUT2D eigenvalue weighted by Crippen LogP contribution is 2.56. The third-order valence-electron chi connectivity index (χ3n) is 6.77. The smallest absolute Gasteiger partial charge is 0.0704 e. The number of rotatable bonds is 1. The highest BCUT2D eigenvalue weighted by Gasteiger charge is 2.41. The summed E-state index contributed by atoms with van der Waals surface area (Å²) in [6, 6.07) is 9.50. The summed E-state index contributed by atoms with van der Waals surface area (Å²) in [4.78, 5) is 4.69. The van der Waals surface area contributed by atoms with Gasteiger partial charge in [-0.25, -0.2) is 0 Å². The molecule has 0 radical (unpaired) electrons. The molecule has 1 aromatic carbocycles. The van der Waals surface area contributed by atoms with Crippen molar-refractivity contribution in [2.24, 2.45) is 11.8 Å². The van der Waals surface area contributed by atoms with E-state index in [-0.39, 0.29) is 0 Å². The fraction of sp³-hybridized carbons (Fsp3) is 0.500. The van der Waals surface area contributed by atoms with Crippen molar-refractivity contribution in [2.45, 2.75) is 57.8 Å². The maximum Gasteiger partial charge on any atom is 0.0704 e. The van der Waals surface area contributed by atoms with Crippen molar-refractivity contribution < 1.29 is 0 Å². The average Bonchev–Trinajstić information content (AvgIpc) is 2.71. The monoisotopic (exact) mass is 303 g/mol. The van der Waals surface area contributed by atoms with Crippen molar-refractivity contribution in [3.05, 3.63) is 52.7 Å². The van der Waals surface area contributed by atoms with Crippen molar-refractivity contribution in [2.75, 3.05) is 0 Å². The zero-order valence-corrected chi connectivity index (χ0v) is 14.2. The summed E-state index contributed by atoms with van der Waals surface area (Å²) < 4.78 is 0. The molecule has 1 aromatic heterocycles. The van der Waals surface area contributed by atoms with Gasteiger partial charge in [0.25, 0.3) is 0 Å². The molecule has 2 unspecified atom stereocenters. The zero-order chi connectivity index (χ0) is 15.6. The normalized spacial score (nSPS) is 31.0. The molecule has 2 fully saturated rings. The summed E-state index contributed by atoms with van der Waals surface area (Å²) in [7, 11) is 0. The predicted octanol–water partition coefficient (Wildman–Crippen LogP) is 5.76. The molecule has 1 heteroatoms. The van der Waals surface area contributed by atoms with Crippen LogP contribution in [0.25, 0.3) is 11.3 Å². The molecule has 0 spiro atoms. The first-order chi connectivity index (χ1) is 11.2. The fourth-order valence-corrected chi connectivity index (χ4v) is 5.60. The minimum atomic E-state index is 0.813. The van der Waals surface area contributed by atoms with Crippen LogP contribution in [0.15, 0.2) is 30.5 Å². The summed E-state index contributed by atoms with van der Waals surface area (Å²) in [5.74, 6) is 3.64. The van der Waals surface area contributed by atoms with Gasteiger partial charge in [0.05, 0.1) is 5.69 Å². The molecule has 2 saturated carbocycles. The highest BCUT2D eigenvalue weighted by atomic mass is 14.7. The lowest BCUT2D eigenvalue weighted by molar-refractivity contribution is 0.166. The number of hydrogen-bond acceptors (Lipinski definition) is 1. The van der Waals surface area contributed by atoms with Crippen LogP contribution in [-0.4, -0.2) is 4.98 Å². The Hall–Kier alpha value is -1.63. The maximum atomic E-state index is 4.69. The van der Waals surface area contributed by atoms with Crippen LogP contribution < -0.4 is 0 Å². The van der Waals surface area contributed by atoms with Gasteiger partial charge in [-0.15, -0.1) is 0 Å². The molecule has 0 N–H and O–H groups in total. The van der Waals surface area contributed by atoms with E-state index in [4.69, 9.17) is 4.98 Å². The molecule has 0 saturated heterocycles. The quantitative estimate of drug-likeness (QED) is 0.653. The van der Waals surface area contributed by atoms with E-state index in [0.29, 0.717) is 0 Å². The standard InChI is InChI=1S/C22H25N/c1-13-5-22(23-12-14(13)2)17-3-4-20-18-7-15-6-16(8-18)10-19(9-15)21(20)11-17/h3-5,11-12,15-16,18-19H,6-10H2,1-2H3. The summed E-state index contributed by atoms with van der Waals surface area (Å²) in [5, 5.41) is 0. The lowest BCUT2D eigenvalue weighted by Gasteiger charge is -2.38. The van der Waals surface area contributed by atoms with Crippen LogP contribution in [0.1, 0.15) is 66.2 Å². The first kappa shape index (κ1) is 13.8. The van der Waals surface area contributed by atoms with Crippen molar-refractivity contribution >= 4 is 0 Å². The zero-order valence-electron chi connectivity index (χ0n) is 14.2. The topological polar surface area (TPSA) is 12.9 Å².